The van der Waals surface area contributed by atoms with Gasteiger partial charge in [-0.1, -0.05) is 48.5 Å². The zero-order valence-electron chi connectivity index (χ0n) is 24.7. The van der Waals surface area contributed by atoms with E-state index in [0.717, 1.165) is 5.46 Å². The molecule has 202 valence electrons. The van der Waals surface area contributed by atoms with Crippen molar-refractivity contribution in [2.24, 2.45) is 0 Å². The van der Waals surface area contributed by atoms with Crippen molar-refractivity contribution in [3.8, 4) is 11.1 Å². The van der Waals surface area contributed by atoms with E-state index in [0.29, 0.717) is 11.8 Å². The highest BCUT2D eigenvalue weighted by Gasteiger charge is 2.54. The molecule has 2 saturated heterocycles. The first-order valence-electron chi connectivity index (χ1n) is 14.7. The SMILES string of the molecule is CC1(C)OB(c2ccc(-c3ccc(B4OC(C)(C)C(C)(C)O4)c4ccccc34)c3c2C2CCC3C2)OC1(C)C. The number of benzene rings is 3. The minimum Gasteiger partial charge on any atom is -0.399 e. The van der Waals surface area contributed by atoms with Crippen molar-refractivity contribution < 1.29 is 18.6 Å². The average molecular weight is 522 g/mol. The van der Waals surface area contributed by atoms with Crippen molar-refractivity contribution in [3.05, 3.63) is 59.7 Å². The van der Waals surface area contributed by atoms with Gasteiger partial charge >= 0.3 is 14.2 Å². The van der Waals surface area contributed by atoms with Crippen LogP contribution in [0.15, 0.2) is 48.5 Å². The summed E-state index contributed by atoms with van der Waals surface area (Å²) in [6, 6.07) is 17.9. The van der Waals surface area contributed by atoms with Crippen molar-refractivity contribution in [1.82, 2.24) is 0 Å². The summed E-state index contributed by atoms with van der Waals surface area (Å²) in [4.78, 5) is 0. The van der Waals surface area contributed by atoms with Gasteiger partial charge < -0.3 is 18.6 Å². The molecule has 0 spiro atoms. The molecule has 4 aliphatic rings. The van der Waals surface area contributed by atoms with Crippen molar-refractivity contribution >= 4 is 35.9 Å². The molecular formula is C33H40B2O4. The zero-order chi connectivity index (χ0) is 27.5. The summed E-state index contributed by atoms with van der Waals surface area (Å²) in [5.41, 5.74) is 6.54. The van der Waals surface area contributed by atoms with Gasteiger partial charge in [0.1, 0.15) is 0 Å². The number of hydrogen-bond donors (Lipinski definition) is 0. The standard InChI is InChI=1S/C33H40B2O4/c1-30(2)31(3,4)37-34(36-30)26-17-15-23(22-11-9-10-12-24(22)26)25-16-18-27(29-21-14-13-20(19-21)28(25)29)35-38-32(5,6)33(7,8)39-35/h9-12,15-18,20-21H,13-14,19H2,1-8H3. The van der Waals surface area contributed by atoms with Crippen LogP contribution in [0.25, 0.3) is 21.9 Å². The Bertz CT molecular complexity index is 1460. The molecule has 3 aromatic rings. The van der Waals surface area contributed by atoms with E-state index in [2.05, 4.69) is 104 Å². The Labute approximate surface area is 234 Å². The van der Waals surface area contributed by atoms with E-state index in [4.69, 9.17) is 18.6 Å². The van der Waals surface area contributed by atoms with Gasteiger partial charge in [0.05, 0.1) is 22.4 Å². The molecule has 2 heterocycles. The molecular weight excluding hydrogens is 482 g/mol. The molecule has 2 bridgehead atoms. The Kier molecular flexibility index (Phi) is 5.45. The van der Waals surface area contributed by atoms with Gasteiger partial charge in [0.15, 0.2) is 0 Å². The quantitative estimate of drug-likeness (QED) is 0.370. The van der Waals surface area contributed by atoms with Gasteiger partial charge in [0.25, 0.3) is 0 Å². The minimum atomic E-state index is -0.388. The lowest BCUT2D eigenvalue weighted by Gasteiger charge is -2.32. The predicted molar refractivity (Wildman–Crippen MR) is 160 cm³/mol. The van der Waals surface area contributed by atoms with Crippen molar-refractivity contribution in [1.29, 1.82) is 0 Å². The van der Waals surface area contributed by atoms with Crippen LogP contribution in [0, 0.1) is 0 Å². The minimum absolute atomic E-state index is 0.320. The average Bonchev–Trinajstić information content (AvgIpc) is 3.58. The first-order valence-corrected chi connectivity index (χ1v) is 14.7. The van der Waals surface area contributed by atoms with Gasteiger partial charge in [0.2, 0.25) is 0 Å². The molecule has 39 heavy (non-hydrogen) atoms. The molecule has 7 rings (SSSR count). The first-order chi connectivity index (χ1) is 18.3. The fourth-order valence-electron chi connectivity index (χ4n) is 7.20. The Morgan fingerprint density at radius 1 is 0.538 bits per heavy atom. The van der Waals surface area contributed by atoms with Gasteiger partial charge in [-0.25, -0.2) is 0 Å². The van der Waals surface area contributed by atoms with Crippen LogP contribution in [0.1, 0.15) is 97.6 Å². The normalized spacial score (nSPS) is 27.5. The summed E-state index contributed by atoms with van der Waals surface area (Å²) in [6.07, 6.45) is 3.76. The van der Waals surface area contributed by atoms with E-state index in [1.807, 2.05) is 0 Å². The molecule has 2 unspecified atom stereocenters. The van der Waals surface area contributed by atoms with Gasteiger partial charge in [-0.2, -0.15) is 0 Å². The van der Waals surface area contributed by atoms with Gasteiger partial charge in [-0.3, -0.25) is 0 Å². The third-order valence-corrected chi connectivity index (χ3v) is 10.8. The third kappa shape index (κ3) is 3.68. The predicted octanol–water partition coefficient (Wildman–Crippen LogP) is 6.47. The maximum atomic E-state index is 6.56. The summed E-state index contributed by atoms with van der Waals surface area (Å²) >= 11 is 0. The molecule has 6 heteroatoms. The van der Waals surface area contributed by atoms with Crippen molar-refractivity contribution in [2.75, 3.05) is 0 Å². The Morgan fingerprint density at radius 3 is 1.59 bits per heavy atom. The lowest BCUT2D eigenvalue weighted by atomic mass is 9.69. The molecule has 3 fully saturated rings. The highest BCUT2D eigenvalue weighted by atomic mass is 16.7. The van der Waals surface area contributed by atoms with Crippen LogP contribution < -0.4 is 10.9 Å². The highest BCUT2D eigenvalue weighted by molar-refractivity contribution is 6.65. The summed E-state index contributed by atoms with van der Waals surface area (Å²) in [6.45, 7) is 17.0. The van der Waals surface area contributed by atoms with Crippen LogP contribution in [0.3, 0.4) is 0 Å². The summed E-state index contributed by atoms with van der Waals surface area (Å²) in [5, 5.41) is 2.44. The molecule has 2 atom stereocenters. The summed E-state index contributed by atoms with van der Waals surface area (Å²) < 4.78 is 26.1. The van der Waals surface area contributed by atoms with Crippen molar-refractivity contribution in [3.63, 3.8) is 0 Å². The Balaban J connectivity index is 1.36. The van der Waals surface area contributed by atoms with Crippen LogP contribution in [0.2, 0.25) is 0 Å². The smallest absolute Gasteiger partial charge is 0.399 e. The maximum Gasteiger partial charge on any atom is 0.495 e. The van der Waals surface area contributed by atoms with E-state index < -0.39 is 0 Å². The van der Waals surface area contributed by atoms with Gasteiger partial charge in [0, 0.05) is 0 Å². The molecule has 3 aromatic carbocycles. The number of hydrogen-bond acceptors (Lipinski definition) is 4. The molecule has 0 radical (unpaired) electrons. The second kappa shape index (κ2) is 8.22. The first kappa shape index (κ1) is 25.8. The van der Waals surface area contributed by atoms with E-state index >= 15 is 0 Å². The molecule has 0 N–H and O–H groups in total. The second-order valence-corrected chi connectivity index (χ2v) is 14.2. The van der Waals surface area contributed by atoms with E-state index in [1.165, 1.54) is 57.8 Å². The van der Waals surface area contributed by atoms with Crippen LogP contribution in [0.5, 0.6) is 0 Å². The maximum absolute atomic E-state index is 6.56. The number of rotatable bonds is 3. The summed E-state index contributed by atoms with van der Waals surface area (Å²) in [7, 11) is -0.707. The van der Waals surface area contributed by atoms with Gasteiger partial charge in [-0.05, 0) is 130 Å². The van der Waals surface area contributed by atoms with Gasteiger partial charge in [-0.15, -0.1) is 0 Å². The van der Waals surface area contributed by atoms with E-state index in [-0.39, 0.29) is 36.6 Å². The van der Waals surface area contributed by atoms with Crippen molar-refractivity contribution in [2.45, 2.75) is 109 Å². The molecule has 0 amide bonds. The lowest BCUT2D eigenvalue weighted by Crippen LogP contribution is -2.41. The molecule has 2 aliphatic heterocycles. The molecule has 2 aliphatic carbocycles. The Morgan fingerprint density at radius 2 is 1.00 bits per heavy atom. The van der Waals surface area contributed by atoms with Crippen LogP contribution in [-0.2, 0) is 18.6 Å². The highest BCUT2D eigenvalue weighted by Crippen LogP contribution is 2.56. The fourth-order valence-corrected chi connectivity index (χ4v) is 7.20. The molecule has 4 nitrogen and oxygen atoms in total. The monoisotopic (exact) mass is 522 g/mol. The Hall–Kier alpha value is -2.11. The second-order valence-electron chi connectivity index (χ2n) is 14.2. The fraction of sp³-hybridized carbons (Fsp3) is 0.515. The third-order valence-electron chi connectivity index (χ3n) is 10.8. The van der Waals surface area contributed by atoms with Crippen LogP contribution in [0.4, 0.5) is 0 Å². The molecule has 0 aromatic heterocycles. The van der Waals surface area contributed by atoms with E-state index in [1.54, 1.807) is 0 Å². The lowest BCUT2D eigenvalue weighted by molar-refractivity contribution is 0.00578. The largest absolute Gasteiger partial charge is 0.495 e. The van der Waals surface area contributed by atoms with Crippen LogP contribution in [-0.4, -0.2) is 36.6 Å². The van der Waals surface area contributed by atoms with Crippen LogP contribution >= 0.6 is 0 Å². The topological polar surface area (TPSA) is 36.9 Å². The van der Waals surface area contributed by atoms with E-state index in [9.17, 15) is 0 Å². The molecule has 1 saturated carbocycles. The number of fused-ring (bicyclic) bond motifs is 6. The zero-order valence-corrected chi connectivity index (χ0v) is 24.7. The summed E-state index contributed by atoms with van der Waals surface area (Å²) in [5.74, 6) is 1.19.